The van der Waals surface area contributed by atoms with Gasteiger partial charge >= 0.3 is 12.2 Å². The predicted molar refractivity (Wildman–Crippen MR) is 81.6 cm³/mol. The number of aromatic nitrogens is 1. The van der Waals surface area contributed by atoms with Crippen LogP contribution in [0, 0.1) is 0 Å². The molecular formula is C14H14F3N3O2S. The van der Waals surface area contributed by atoms with Crippen molar-refractivity contribution in [2.45, 2.75) is 25.6 Å². The van der Waals surface area contributed by atoms with Crippen LogP contribution in [0.1, 0.15) is 29.8 Å². The van der Waals surface area contributed by atoms with Crippen molar-refractivity contribution in [2.75, 3.05) is 5.32 Å². The first-order chi connectivity index (χ1) is 10.8. The van der Waals surface area contributed by atoms with Gasteiger partial charge in [0.1, 0.15) is 5.69 Å². The van der Waals surface area contributed by atoms with Crippen LogP contribution in [-0.4, -0.2) is 11.0 Å². The maximum absolute atomic E-state index is 12.6. The molecule has 9 heteroatoms. The third-order valence-electron chi connectivity index (χ3n) is 3.08. The van der Waals surface area contributed by atoms with Crippen molar-refractivity contribution in [3.8, 4) is 0 Å². The van der Waals surface area contributed by atoms with Crippen LogP contribution in [0.2, 0.25) is 0 Å². The van der Waals surface area contributed by atoms with E-state index in [0.29, 0.717) is 18.7 Å². The molecule has 2 aromatic rings. The maximum Gasteiger partial charge on any atom is 0.417 e. The normalized spacial score (nSPS) is 12.7. The highest BCUT2D eigenvalue weighted by Crippen LogP contribution is 2.29. The fourth-order valence-corrected chi connectivity index (χ4v) is 2.78. The van der Waals surface area contributed by atoms with Crippen molar-refractivity contribution in [2.24, 2.45) is 0 Å². The van der Waals surface area contributed by atoms with Crippen LogP contribution in [0.3, 0.4) is 0 Å². The molecule has 0 saturated heterocycles. The highest BCUT2D eigenvalue weighted by atomic mass is 32.1. The van der Waals surface area contributed by atoms with Crippen LogP contribution in [-0.2, 0) is 6.18 Å². The molecule has 0 saturated carbocycles. The molecule has 2 amide bonds. The van der Waals surface area contributed by atoms with Crippen molar-refractivity contribution in [1.82, 2.24) is 10.3 Å². The van der Waals surface area contributed by atoms with Gasteiger partial charge in [-0.2, -0.15) is 13.2 Å². The summed E-state index contributed by atoms with van der Waals surface area (Å²) in [6, 6.07) is 3.26. The van der Waals surface area contributed by atoms with Crippen LogP contribution in [0.4, 0.5) is 23.7 Å². The molecule has 2 heterocycles. The van der Waals surface area contributed by atoms with Gasteiger partial charge in [-0.1, -0.05) is 13.0 Å². The Hall–Kier alpha value is -2.29. The van der Waals surface area contributed by atoms with Crippen LogP contribution >= 0.6 is 11.3 Å². The summed E-state index contributed by atoms with van der Waals surface area (Å²) in [6.45, 7) is 1.86. The first-order valence-corrected chi connectivity index (χ1v) is 7.60. The Labute approximate surface area is 133 Å². The number of urea groups is 1. The number of carbonyl (C=O) groups is 1. The number of thiophene rings is 1. The number of rotatable bonds is 4. The van der Waals surface area contributed by atoms with E-state index in [-0.39, 0.29) is 6.04 Å². The van der Waals surface area contributed by atoms with Gasteiger partial charge in [0, 0.05) is 11.1 Å². The fraction of sp³-hybridized carbons (Fsp3) is 0.286. The SMILES string of the molecule is CC[C@@H](NC(=O)Nc1cc(C(F)(F)F)c[nH]c1=O)c1cccs1. The number of nitrogens with one attached hydrogen (secondary N) is 3. The van der Waals surface area contributed by atoms with E-state index in [1.54, 1.807) is 0 Å². The Morgan fingerprint density at radius 3 is 2.74 bits per heavy atom. The molecule has 2 rings (SSSR count). The van der Waals surface area contributed by atoms with E-state index in [0.717, 1.165) is 4.88 Å². The number of alkyl halides is 3. The molecular weight excluding hydrogens is 331 g/mol. The van der Waals surface area contributed by atoms with Crippen LogP contribution in [0.15, 0.2) is 34.6 Å². The second-order valence-electron chi connectivity index (χ2n) is 4.70. The topological polar surface area (TPSA) is 74.0 Å². The summed E-state index contributed by atoms with van der Waals surface area (Å²) in [5, 5.41) is 6.65. The van der Waals surface area contributed by atoms with E-state index in [1.807, 2.05) is 29.4 Å². The summed E-state index contributed by atoms with van der Waals surface area (Å²) >= 11 is 1.45. The second kappa shape index (κ2) is 6.86. The average molecular weight is 345 g/mol. The summed E-state index contributed by atoms with van der Waals surface area (Å²) in [5.74, 6) is 0. The van der Waals surface area contributed by atoms with Gasteiger partial charge in [0.15, 0.2) is 0 Å². The number of pyridine rings is 1. The van der Waals surface area contributed by atoms with Gasteiger partial charge in [-0.25, -0.2) is 4.79 Å². The number of aromatic amines is 1. The molecule has 23 heavy (non-hydrogen) atoms. The van der Waals surface area contributed by atoms with Gasteiger partial charge in [-0.3, -0.25) is 4.79 Å². The molecule has 1 atom stereocenters. The van der Waals surface area contributed by atoms with Gasteiger partial charge in [0.2, 0.25) is 0 Å². The van der Waals surface area contributed by atoms with Gasteiger partial charge < -0.3 is 15.6 Å². The number of amides is 2. The number of H-pyrrole nitrogens is 1. The number of halogens is 3. The molecule has 0 aliphatic carbocycles. The molecule has 0 radical (unpaired) electrons. The summed E-state index contributed by atoms with van der Waals surface area (Å²) in [7, 11) is 0. The largest absolute Gasteiger partial charge is 0.417 e. The monoisotopic (exact) mass is 345 g/mol. The van der Waals surface area contributed by atoms with Crippen LogP contribution in [0.25, 0.3) is 0 Å². The zero-order chi connectivity index (χ0) is 17.0. The van der Waals surface area contributed by atoms with Gasteiger partial charge in [0.25, 0.3) is 5.56 Å². The standard InChI is InChI=1S/C14H14F3N3O2S/c1-2-9(11-4-3-5-23-11)19-13(22)20-10-6-8(14(15,16)17)7-18-12(10)21/h3-7,9H,2H2,1H3,(H,18,21)(H2,19,20,22)/t9-/m1/s1. The highest BCUT2D eigenvalue weighted by molar-refractivity contribution is 7.10. The van der Waals surface area contributed by atoms with E-state index in [1.165, 1.54) is 11.3 Å². The third-order valence-corrected chi connectivity index (χ3v) is 4.06. The molecule has 0 spiro atoms. The molecule has 3 N–H and O–H groups in total. The van der Waals surface area contributed by atoms with Crippen LogP contribution in [0.5, 0.6) is 0 Å². The third kappa shape index (κ3) is 4.35. The summed E-state index contributed by atoms with van der Waals surface area (Å²) < 4.78 is 37.9. The zero-order valence-corrected chi connectivity index (χ0v) is 12.8. The van der Waals surface area contributed by atoms with Gasteiger partial charge in [-0.15, -0.1) is 11.3 Å². The lowest BCUT2D eigenvalue weighted by molar-refractivity contribution is -0.137. The van der Waals surface area contributed by atoms with Crippen molar-refractivity contribution in [3.63, 3.8) is 0 Å². The van der Waals surface area contributed by atoms with E-state index in [9.17, 15) is 22.8 Å². The first kappa shape index (κ1) is 17.1. The Morgan fingerprint density at radius 1 is 1.43 bits per heavy atom. The smallest absolute Gasteiger partial charge is 0.330 e. The van der Waals surface area contributed by atoms with E-state index in [2.05, 4.69) is 10.6 Å². The summed E-state index contributed by atoms with van der Waals surface area (Å²) in [4.78, 5) is 26.4. The minimum atomic E-state index is -4.61. The molecule has 0 aromatic carbocycles. The number of anilines is 1. The summed E-state index contributed by atoms with van der Waals surface area (Å²) in [5.41, 5.74) is -2.31. The Morgan fingerprint density at radius 2 is 2.17 bits per heavy atom. The molecule has 0 aliphatic rings. The van der Waals surface area contributed by atoms with Crippen LogP contribution < -0.4 is 16.2 Å². The van der Waals surface area contributed by atoms with Gasteiger partial charge in [-0.05, 0) is 23.9 Å². The summed E-state index contributed by atoms with van der Waals surface area (Å²) in [6.07, 6.45) is -3.45. The average Bonchev–Trinajstić information content (AvgIpc) is 3.00. The zero-order valence-electron chi connectivity index (χ0n) is 12.0. The number of hydrogen-bond acceptors (Lipinski definition) is 3. The second-order valence-corrected chi connectivity index (χ2v) is 5.68. The minimum absolute atomic E-state index is 0.278. The highest BCUT2D eigenvalue weighted by Gasteiger charge is 2.31. The van der Waals surface area contributed by atoms with Crippen molar-refractivity contribution in [3.05, 3.63) is 50.6 Å². The lowest BCUT2D eigenvalue weighted by Crippen LogP contribution is -2.34. The molecule has 5 nitrogen and oxygen atoms in total. The Kier molecular flexibility index (Phi) is 5.09. The molecule has 2 aromatic heterocycles. The van der Waals surface area contributed by atoms with E-state index < -0.39 is 29.0 Å². The molecule has 0 unspecified atom stereocenters. The van der Waals surface area contributed by atoms with E-state index >= 15 is 0 Å². The lowest BCUT2D eigenvalue weighted by Gasteiger charge is -2.16. The maximum atomic E-state index is 12.6. The first-order valence-electron chi connectivity index (χ1n) is 6.72. The Balaban J connectivity index is 2.12. The minimum Gasteiger partial charge on any atom is -0.330 e. The lowest BCUT2D eigenvalue weighted by atomic mass is 10.2. The fourth-order valence-electron chi connectivity index (χ4n) is 1.92. The molecule has 124 valence electrons. The van der Waals surface area contributed by atoms with Crippen molar-refractivity contribution >= 4 is 23.1 Å². The van der Waals surface area contributed by atoms with Crippen molar-refractivity contribution in [1.29, 1.82) is 0 Å². The number of carbonyl (C=O) groups excluding carboxylic acids is 1. The molecule has 0 aliphatic heterocycles. The quantitative estimate of drug-likeness (QED) is 0.790. The van der Waals surface area contributed by atoms with Gasteiger partial charge in [0.05, 0.1) is 11.6 Å². The van der Waals surface area contributed by atoms with E-state index in [4.69, 9.17) is 0 Å². The number of hydrogen-bond donors (Lipinski definition) is 3. The Bertz CT molecular complexity index is 726. The molecule has 0 fully saturated rings. The predicted octanol–water partition coefficient (Wildman–Crippen LogP) is 3.73. The molecule has 0 bridgehead atoms. The van der Waals surface area contributed by atoms with Crippen molar-refractivity contribution < 1.29 is 18.0 Å².